The summed E-state index contributed by atoms with van der Waals surface area (Å²) in [6.07, 6.45) is 0.346. The van der Waals surface area contributed by atoms with Crippen molar-refractivity contribution < 1.29 is 14.3 Å². The van der Waals surface area contributed by atoms with Gasteiger partial charge in [0.1, 0.15) is 18.1 Å². The van der Waals surface area contributed by atoms with E-state index in [4.69, 9.17) is 9.47 Å². The second-order valence-corrected chi connectivity index (χ2v) is 6.16. The van der Waals surface area contributed by atoms with E-state index < -0.39 is 0 Å². The van der Waals surface area contributed by atoms with Gasteiger partial charge in [-0.15, -0.1) is 0 Å². The average molecular weight is 349 g/mol. The van der Waals surface area contributed by atoms with Crippen LogP contribution in [0.2, 0.25) is 0 Å². The van der Waals surface area contributed by atoms with E-state index in [1.54, 1.807) is 7.11 Å². The summed E-state index contributed by atoms with van der Waals surface area (Å²) in [7, 11) is 1.64. The Morgan fingerprint density at radius 3 is 2.62 bits per heavy atom. The molecule has 0 radical (unpaired) electrons. The van der Waals surface area contributed by atoms with Gasteiger partial charge in [0, 0.05) is 5.39 Å². The molecule has 26 heavy (non-hydrogen) atoms. The van der Waals surface area contributed by atoms with Gasteiger partial charge in [-0.2, -0.15) is 0 Å². The third-order valence-corrected chi connectivity index (χ3v) is 4.26. The van der Waals surface area contributed by atoms with Crippen LogP contribution in [-0.4, -0.2) is 26.2 Å². The fraction of sp³-hybridized carbons (Fsp3) is 0.227. The first-order valence-corrected chi connectivity index (χ1v) is 8.68. The quantitative estimate of drug-likeness (QED) is 0.658. The number of hydrogen-bond acceptors (Lipinski definition) is 3. The summed E-state index contributed by atoms with van der Waals surface area (Å²) in [6.45, 7) is 2.87. The van der Waals surface area contributed by atoms with Crippen LogP contribution in [0.3, 0.4) is 0 Å². The zero-order valence-electron chi connectivity index (χ0n) is 15.1. The zero-order chi connectivity index (χ0) is 18.4. The molecule has 3 rings (SSSR count). The van der Waals surface area contributed by atoms with Crippen molar-refractivity contribution in [2.45, 2.75) is 13.3 Å². The molecule has 0 saturated heterocycles. The normalized spacial score (nSPS) is 10.5. The summed E-state index contributed by atoms with van der Waals surface area (Å²) in [5.41, 5.74) is 1.99. The molecule has 4 nitrogen and oxygen atoms in total. The van der Waals surface area contributed by atoms with Gasteiger partial charge >= 0.3 is 0 Å². The molecule has 1 N–H and O–H groups in total. The number of aryl methyl sites for hydroxylation is 1. The molecule has 0 atom stereocenters. The third kappa shape index (κ3) is 4.33. The Kier molecular flexibility index (Phi) is 5.74. The smallest absolute Gasteiger partial charge is 0.224 e. The number of carbonyl (C=O) groups excluding carboxylic acids is 1. The molecule has 0 spiro atoms. The molecule has 4 heteroatoms. The van der Waals surface area contributed by atoms with Crippen LogP contribution in [0, 0.1) is 6.92 Å². The molecule has 0 heterocycles. The van der Waals surface area contributed by atoms with Crippen molar-refractivity contribution in [3.8, 4) is 11.5 Å². The van der Waals surface area contributed by atoms with E-state index >= 15 is 0 Å². The van der Waals surface area contributed by atoms with Crippen molar-refractivity contribution >= 4 is 16.7 Å². The predicted octanol–water partition coefficient (Wildman–Crippen LogP) is 3.89. The lowest BCUT2D eigenvalue weighted by atomic mass is 10.1. The van der Waals surface area contributed by atoms with Crippen LogP contribution in [0.15, 0.2) is 60.7 Å². The molecule has 3 aromatic rings. The van der Waals surface area contributed by atoms with Gasteiger partial charge in [0.25, 0.3) is 0 Å². The van der Waals surface area contributed by atoms with Crippen molar-refractivity contribution in [2.24, 2.45) is 0 Å². The molecule has 0 aliphatic heterocycles. The maximum absolute atomic E-state index is 12.1. The fourth-order valence-corrected chi connectivity index (χ4v) is 2.97. The van der Waals surface area contributed by atoms with E-state index in [1.807, 2.05) is 55.5 Å². The summed E-state index contributed by atoms with van der Waals surface area (Å²) in [6, 6.07) is 19.9. The number of rotatable bonds is 7. The van der Waals surface area contributed by atoms with Crippen LogP contribution in [0.5, 0.6) is 11.5 Å². The standard InChI is InChI=1S/C22H23NO3/c1-16-14-17(10-11-20(16)25-2)15-22(24)23-12-13-26-21-9-5-7-18-6-3-4-8-19(18)21/h3-11,14H,12-13,15H2,1-2H3,(H,23,24). The molecule has 0 saturated carbocycles. The Labute approximate surface area is 153 Å². The van der Waals surface area contributed by atoms with Crippen molar-refractivity contribution in [1.29, 1.82) is 0 Å². The highest BCUT2D eigenvalue weighted by atomic mass is 16.5. The summed E-state index contributed by atoms with van der Waals surface area (Å²) >= 11 is 0. The van der Waals surface area contributed by atoms with Crippen LogP contribution >= 0.6 is 0 Å². The predicted molar refractivity (Wildman–Crippen MR) is 104 cm³/mol. The van der Waals surface area contributed by atoms with Gasteiger partial charge in [0.05, 0.1) is 20.1 Å². The minimum absolute atomic E-state index is 0.0175. The van der Waals surface area contributed by atoms with Gasteiger partial charge < -0.3 is 14.8 Å². The van der Waals surface area contributed by atoms with E-state index in [0.29, 0.717) is 19.6 Å². The highest BCUT2D eigenvalue weighted by molar-refractivity contribution is 5.88. The summed E-state index contributed by atoms with van der Waals surface area (Å²) in [4.78, 5) is 12.1. The van der Waals surface area contributed by atoms with Gasteiger partial charge in [0.15, 0.2) is 0 Å². The van der Waals surface area contributed by atoms with Crippen LogP contribution in [0.25, 0.3) is 10.8 Å². The summed E-state index contributed by atoms with van der Waals surface area (Å²) in [5.74, 6) is 1.65. The van der Waals surface area contributed by atoms with Crippen LogP contribution in [0.1, 0.15) is 11.1 Å². The number of amides is 1. The van der Waals surface area contributed by atoms with Crippen molar-refractivity contribution in [2.75, 3.05) is 20.3 Å². The molecule has 3 aromatic carbocycles. The van der Waals surface area contributed by atoms with Crippen molar-refractivity contribution in [3.05, 3.63) is 71.8 Å². The van der Waals surface area contributed by atoms with Gasteiger partial charge in [-0.05, 0) is 35.6 Å². The Morgan fingerprint density at radius 1 is 1.00 bits per heavy atom. The first kappa shape index (κ1) is 17.8. The number of hydrogen-bond donors (Lipinski definition) is 1. The molecular weight excluding hydrogens is 326 g/mol. The molecule has 1 amide bonds. The van der Waals surface area contributed by atoms with E-state index in [-0.39, 0.29) is 5.91 Å². The van der Waals surface area contributed by atoms with Gasteiger partial charge in [-0.25, -0.2) is 0 Å². The lowest BCUT2D eigenvalue weighted by molar-refractivity contribution is -0.120. The lowest BCUT2D eigenvalue weighted by Gasteiger charge is -2.11. The summed E-state index contributed by atoms with van der Waals surface area (Å²) < 4.78 is 11.1. The largest absolute Gasteiger partial charge is 0.496 e. The topological polar surface area (TPSA) is 47.6 Å². The zero-order valence-corrected chi connectivity index (χ0v) is 15.1. The molecule has 0 fully saturated rings. The molecular formula is C22H23NO3. The maximum atomic E-state index is 12.1. The molecule has 0 aromatic heterocycles. The van der Waals surface area contributed by atoms with E-state index in [2.05, 4.69) is 17.4 Å². The Balaban J connectivity index is 1.49. The number of fused-ring (bicyclic) bond motifs is 1. The number of ether oxygens (including phenoxy) is 2. The fourth-order valence-electron chi connectivity index (χ4n) is 2.97. The van der Waals surface area contributed by atoms with Crippen molar-refractivity contribution in [3.63, 3.8) is 0 Å². The van der Waals surface area contributed by atoms with Crippen LogP contribution in [0.4, 0.5) is 0 Å². The molecule has 0 aliphatic carbocycles. The molecule has 134 valence electrons. The van der Waals surface area contributed by atoms with E-state index in [1.165, 1.54) is 0 Å². The lowest BCUT2D eigenvalue weighted by Crippen LogP contribution is -2.29. The highest BCUT2D eigenvalue weighted by Gasteiger charge is 2.06. The first-order valence-electron chi connectivity index (χ1n) is 8.68. The highest BCUT2D eigenvalue weighted by Crippen LogP contribution is 2.24. The first-order chi connectivity index (χ1) is 12.7. The molecule has 0 aliphatic rings. The van der Waals surface area contributed by atoms with E-state index in [0.717, 1.165) is 33.4 Å². The van der Waals surface area contributed by atoms with Crippen LogP contribution in [-0.2, 0) is 11.2 Å². The van der Waals surface area contributed by atoms with Crippen LogP contribution < -0.4 is 14.8 Å². The number of carbonyl (C=O) groups is 1. The monoisotopic (exact) mass is 349 g/mol. The minimum atomic E-state index is -0.0175. The Hall–Kier alpha value is -3.01. The Morgan fingerprint density at radius 2 is 1.81 bits per heavy atom. The third-order valence-electron chi connectivity index (χ3n) is 4.26. The summed E-state index contributed by atoms with van der Waals surface area (Å²) in [5, 5.41) is 5.12. The average Bonchev–Trinajstić information content (AvgIpc) is 2.65. The van der Waals surface area contributed by atoms with Gasteiger partial charge in [0.2, 0.25) is 5.91 Å². The Bertz CT molecular complexity index is 900. The van der Waals surface area contributed by atoms with E-state index in [9.17, 15) is 4.79 Å². The number of benzene rings is 3. The van der Waals surface area contributed by atoms with Crippen molar-refractivity contribution in [1.82, 2.24) is 5.32 Å². The maximum Gasteiger partial charge on any atom is 0.224 e. The van der Waals surface area contributed by atoms with Gasteiger partial charge in [-0.1, -0.05) is 48.5 Å². The van der Waals surface area contributed by atoms with Gasteiger partial charge in [-0.3, -0.25) is 4.79 Å². The molecule has 0 bridgehead atoms. The second-order valence-electron chi connectivity index (χ2n) is 6.16. The number of methoxy groups -OCH3 is 1. The second kappa shape index (κ2) is 8.39. The minimum Gasteiger partial charge on any atom is -0.496 e. The molecule has 0 unspecified atom stereocenters. The number of nitrogens with one attached hydrogen (secondary N) is 1. The SMILES string of the molecule is COc1ccc(CC(=O)NCCOc2cccc3ccccc23)cc1C.